The van der Waals surface area contributed by atoms with Gasteiger partial charge in [0.25, 0.3) is 5.82 Å². The van der Waals surface area contributed by atoms with Gasteiger partial charge in [-0.25, -0.2) is 4.39 Å². The highest BCUT2D eigenvalue weighted by Gasteiger charge is 2.51. The number of thioether (sulfide) groups is 1. The van der Waals surface area contributed by atoms with E-state index in [2.05, 4.69) is 20.8 Å². The number of aromatic nitrogens is 4. The molecule has 0 radical (unpaired) electrons. The van der Waals surface area contributed by atoms with E-state index in [0.717, 1.165) is 10.5 Å². The van der Waals surface area contributed by atoms with Gasteiger partial charge in [-0.2, -0.15) is 17.9 Å². The fourth-order valence-corrected chi connectivity index (χ4v) is 5.36. The predicted molar refractivity (Wildman–Crippen MR) is 121 cm³/mol. The molecule has 1 aliphatic carbocycles. The lowest BCUT2D eigenvalue weighted by Gasteiger charge is -2.31. The molecule has 0 bridgehead atoms. The number of aliphatic carboxylic acids is 1. The number of alkyl halides is 3. The second-order valence-electron chi connectivity index (χ2n) is 8.69. The van der Waals surface area contributed by atoms with Gasteiger partial charge in [-0.05, 0) is 77.9 Å². The predicted octanol–water partition coefficient (Wildman–Crippen LogP) is 4.67. The number of carboxylic acids is 1. The molecule has 2 aromatic carbocycles. The van der Waals surface area contributed by atoms with Crippen LogP contribution < -0.4 is 5.32 Å². The number of carbonyl (C=O) groups is 1. The third kappa shape index (κ3) is 4.90. The van der Waals surface area contributed by atoms with E-state index >= 15 is 0 Å². The highest BCUT2D eigenvalue weighted by atomic mass is 32.2. The van der Waals surface area contributed by atoms with Gasteiger partial charge in [-0.3, -0.25) is 4.79 Å². The van der Waals surface area contributed by atoms with Crippen LogP contribution in [-0.2, 0) is 17.5 Å². The molecule has 1 saturated carbocycles. The van der Waals surface area contributed by atoms with E-state index in [-0.39, 0.29) is 18.3 Å². The van der Waals surface area contributed by atoms with Crippen molar-refractivity contribution in [1.29, 1.82) is 0 Å². The highest BCUT2D eigenvalue weighted by molar-refractivity contribution is 7.98. The zero-order valence-electron chi connectivity index (χ0n) is 18.9. The molecule has 3 aromatic rings. The summed E-state index contributed by atoms with van der Waals surface area (Å²) in [6.07, 6.45) is -1.86. The van der Waals surface area contributed by atoms with Crippen LogP contribution in [-0.4, -0.2) is 43.6 Å². The maximum atomic E-state index is 13.5. The van der Waals surface area contributed by atoms with Crippen LogP contribution in [0.4, 0.5) is 17.6 Å². The van der Waals surface area contributed by atoms with Crippen LogP contribution in [0.15, 0.2) is 47.4 Å². The lowest BCUT2D eigenvalue weighted by molar-refractivity contribution is -0.148. The molecule has 0 spiro atoms. The van der Waals surface area contributed by atoms with Crippen molar-refractivity contribution >= 4 is 17.7 Å². The van der Waals surface area contributed by atoms with Gasteiger partial charge < -0.3 is 10.4 Å². The largest absolute Gasteiger partial charge is 0.481 e. The van der Waals surface area contributed by atoms with Gasteiger partial charge in [-0.1, -0.05) is 12.1 Å². The van der Waals surface area contributed by atoms with Gasteiger partial charge in [0.1, 0.15) is 5.82 Å². The summed E-state index contributed by atoms with van der Waals surface area (Å²) in [5.41, 5.74) is 0.552. The number of tetrazole rings is 1. The van der Waals surface area contributed by atoms with Crippen molar-refractivity contribution < 1.29 is 27.5 Å². The Morgan fingerprint density at radius 3 is 2.60 bits per heavy atom. The Hall–Kier alpha value is -2.99. The summed E-state index contributed by atoms with van der Waals surface area (Å²) in [7, 11) is 0. The Kier molecular flexibility index (Phi) is 6.87. The van der Waals surface area contributed by atoms with E-state index in [9.17, 15) is 27.5 Å². The Bertz CT molecular complexity index is 1220. The smallest absolute Gasteiger partial charge is 0.453 e. The zero-order chi connectivity index (χ0) is 25.4. The average molecular weight is 510 g/mol. The number of benzene rings is 2. The van der Waals surface area contributed by atoms with E-state index in [0.29, 0.717) is 23.1 Å². The summed E-state index contributed by atoms with van der Waals surface area (Å²) in [6.45, 7) is 1.97. The van der Waals surface area contributed by atoms with Crippen molar-refractivity contribution in [2.75, 3.05) is 6.26 Å². The lowest BCUT2D eigenvalue weighted by atomic mass is 9.75. The monoisotopic (exact) mass is 509 g/mol. The molecule has 1 heterocycles. The normalized spacial score (nSPS) is 22.5. The topological polar surface area (TPSA) is 92.9 Å². The summed E-state index contributed by atoms with van der Waals surface area (Å²) in [5.74, 6) is -2.98. The maximum absolute atomic E-state index is 13.5. The second kappa shape index (κ2) is 9.57. The molecule has 0 aliphatic heterocycles. The number of hydrogen-bond donors (Lipinski definition) is 2. The van der Waals surface area contributed by atoms with Crippen LogP contribution in [0.5, 0.6) is 0 Å². The van der Waals surface area contributed by atoms with Crippen molar-refractivity contribution in [3.05, 3.63) is 65.2 Å². The minimum atomic E-state index is -4.71. The van der Waals surface area contributed by atoms with Crippen LogP contribution in [0, 0.1) is 11.2 Å². The molecule has 0 saturated heterocycles. The van der Waals surface area contributed by atoms with E-state index in [4.69, 9.17) is 0 Å². The lowest BCUT2D eigenvalue weighted by Crippen LogP contribution is -2.39. The number of halogens is 4. The molecule has 3 atom stereocenters. The molecule has 35 heavy (non-hydrogen) atoms. The summed E-state index contributed by atoms with van der Waals surface area (Å²) >= 11 is 1.44. The molecule has 12 heteroatoms. The number of rotatable bonds is 7. The van der Waals surface area contributed by atoms with E-state index in [1.54, 1.807) is 31.2 Å². The molecule has 7 nitrogen and oxygen atoms in total. The third-order valence-electron chi connectivity index (χ3n) is 6.57. The van der Waals surface area contributed by atoms with Crippen LogP contribution in [0.25, 0.3) is 5.69 Å². The molecular weight excluding hydrogens is 486 g/mol. The Morgan fingerprint density at radius 1 is 1.26 bits per heavy atom. The van der Waals surface area contributed by atoms with Gasteiger partial charge in [0.15, 0.2) is 0 Å². The van der Waals surface area contributed by atoms with Crippen LogP contribution in [0.1, 0.15) is 42.6 Å². The van der Waals surface area contributed by atoms with Crippen LogP contribution >= 0.6 is 11.8 Å². The molecule has 1 aliphatic rings. The van der Waals surface area contributed by atoms with Gasteiger partial charge in [0, 0.05) is 23.4 Å². The minimum Gasteiger partial charge on any atom is -0.481 e. The maximum Gasteiger partial charge on any atom is 0.453 e. The molecule has 1 fully saturated rings. The zero-order valence-corrected chi connectivity index (χ0v) is 19.7. The minimum absolute atomic E-state index is 0.161. The second-order valence-corrected chi connectivity index (χ2v) is 9.53. The van der Waals surface area contributed by atoms with Gasteiger partial charge in [-0.15, -0.1) is 16.9 Å². The number of hydrogen-bond acceptors (Lipinski definition) is 6. The Labute approximate surface area is 202 Å². The third-order valence-corrected chi connectivity index (χ3v) is 7.41. The first-order chi connectivity index (χ1) is 16.5. The Morgan fingerprint density at radius 2 is 1.97 bits per heavy atom. The quantitative estimate of drug-likeness (QED) is 0.353. The van der Waals surface area contributed by atoms with Gasteiger partial charge in [0.2, 0.25) is 0 Å². The average Bonchev–Trinajstić information content (AvgIpc) is 3.44. The molecule has 0 unspecified atom stereocenters. The molecule has 1 aromatic heterocycles. The van der Waals surface area contributed by atoms with E-state index in [1.165, 1.54) is 30.0 Å². The van der Waals surface area contributed by atoms with Gasteiger partial charge >= 0.3 is 12.1 Å². The van der Waals surface area contributed by atoms with Crippen LogP contribution in [0.2, 0.25) is 0 Å². The fraction of sp³-hybridized carbons (Fsp3) is 0.391. The fourth-order valence-electron chi connectivity index (χ4n) is 4.77. The molecule has 186 valence electrons. The standard InChI is InChI=1S/C23H23F4N5O2S/c1-22(21(33)34)10-9-17(19(22)13-3-5-15(24)6-4-13)28-12-14-11-16(7-8-18(14)35-2)32-20(23(25,26)27)29-30-31-32/h3-8,11,17,19,28H,9-10,12H2,1-2H3,(H,33,34)/t17-,19+,22-/m0/s1. The summed E-state index contributed by atoms with van der Waals surface area (Å²) in [6, 6.07) is 10.4. The number of carboxylic acid groups (broad SMARTS) is 1. The summed E-state index contributed by atoms with van der Waals surface area (Å²) in [5, 5.41) is 23.1. The van der Waals surface area contributed by atoms with Crippen molar-refractivity contribution in [3.63, 3.8) is 0 Å². The van der Waals surface area contributed by atoms with E-state index in [1.807, 2.05) is 6.26 Å². The summed E-state index contributed by atoms with van der Waals surface area (Å²) in [4.78, 5) is 13.0. The van der Waals surface area contributed by atoms with Crippen molar-refractivity contribution in [2.45, 2.75) is 49.3 Å². The number of nitrogens with one attached hydrogen (secondary N) is 1. The first-order valence-corrected chi connectivity index (χ1v) is 12.0. The number of nitrogens with zero attached hydrogens (tertiary/aromatic N) is 4. The Balaban J connectivity index is 1.63. The molecular formula is C23H23F4N5O2S. The summed E-state index contributed by atoms with van der Waals surface area (Å²) < 4.78 is 54.0. The van der Waals surface area contributed by atoms with Crippen molar-refractivity contribution in [2.24, 2.45) is 5.41 Å². The molecule has 0 amide bonds. The molecule has 2 N–H and O–H groups in total. The molecule has 4 rings (SSSR count). The van der Waals surface area contributed by atoms with E-state index < -0.39 is 35.1 Å². The van der Waals surface area contributed by atoms with Crippen LogP contribution in [0.3, 0.4) is 0 Å². The van der Waals surface area contributed by atoms with Crippen molar-refractivity contribution in [3.8, 4) is 5.69 Å². The highest BCUT2D eigenvalue weighted by Crippen LogP contribution is 2.49. The SMILES string of the molecule is CSc1ccc(-n2nnnc2C(F)(F)F)cc1CN[C@H]1CC[C@](C)(C(=O)O)[C@@H]1c1ccc(F)cc1. The first-order valence-electron chi connectivity index (χ1n) is 10.8. The van der Waals surface area contributed by atoms with Gasteiger partial charge in [0.05, 0.1) is 11.1 Å². The van der Waals surface area contributed by atoms with Crippen molar-refractivity contribution in [1.82, 2.24) is 25.5 Å². The first kappa shape index (κ1) is 25.1.